The predicted molar refractivity (Wildman–Crippen MR) is 112 cm³/mol. The zero-order chi connectivity index (χ0) is 20.2. The maximum Gasteiger partial charge on any atom is 0.272 e. The Morgan fingerprint density at radius 1 is 1.10 bits per heavy atom. The number of ether oxygens (including phenoxy) is 1. The summed E-state index contributed by atoms with van der Waals surface area (Å²) in [7, 11) is 1.63. The summed E-state index contributed by atoms with van der Waals surface area (Å²) in [6, 6.07) is 13.6. The summed E-state index contributed by atoms with van der Waals surface area (Å²) in [5.74, 6) is 1.65. The molecule has 7 nitrogen and oxygen atoms in total. The van der Waals surface area contributed by atoms with E-state index in [-0.39, 0.29) is 11.9 Å². The van der Waals surface area contributed by atoms with Crippen molar-refractivity contribution < 1.29 is 9.53 Å². The van der Waals surface area contributed by atoms with Crippen LogP contribution in [0, 0.1) is 6.92 Å². The van der Waals surface area contributed by atoms with Crippen LogP contribution in [0.5, 0.6) is 5.75 Å². The zero-order valence-corrected chi connectivity index (χ0v) is 16.7. The van der Waals surface area contributed by atoms with Gasteiger partial charge in [-0.25, -0.2) is 9.67 Å². The molecular weight excluding hydrogens is 366 g/mol. The summed E-state index contributed by atoms with van der Waals surface area (Å²) in [5.41, 5.74) is 2.46. The second kappa shape index (κ2) is 8.34. The molecule has 1 fully saturated rings. The fourth-order valence-corrected chi connectivity index (χ4v) is 3.48. The summed E-state index contributed by atoms with van der Waals surface area (Å²) in [6.45, 7) is 3.79. The fourth-order valence-electron chi connectivity index (χ4n) is 3.48. The van der Waals surface area contributed by atoms with Crippen LogP contribution in [0.3, 0.4) is 0 Å². The molecule has 29 heavy (non-hydrogen) atoms. The zero-order valence-electron chi connectivity index (χ0n) is 16.7. The number of piperidine rings is 1. The molecule has 4 rings (SSSR count). The van der Waals surface area contributed by atoms with Gasteiger partial charge in [0.2, 0.25) is 0 Å². The Labute approximate surface area is 170 Å². The number of hydrogen-bond donors (Lipinski definition) is 1. The smallest absolute Gasteiger partial charge is 0.272 e. The van der Waals surface area contributed by atoms with Gasteiger partial charge < -0.3 is 15.0 Å². The van der Waals surface area contributed by atoms with Gasteiger partial charge in [-0.05, 0) is 61.7 Å². The molecular formula is C22H25N5O2. The first kappa shape index (κ1) is 19.0. The van der Waals surface area contributed by atoms with Crippen molar-refractivity contribution in [1.29, 1.82) is 0 Å². The summed E-state index contributed by atoms with van der Waals surface area (Å²) >= 11 is 0. The van der Waals surface area contributed by atoms with Gasteiger partial charge >= 0.3 is 0 Å². The van der Waals surface area contributed by atoms with E-state index in [0.29, 0.717) is 5.69 Å². The number of pyridine rings is 1. The highest BCUT2D eigenvalue weighted by Crippen LogP contribution is 2.19. The number of amides is 1. The molecule has 7 heteroatoms. The van der Waals surface area contributed by atoms with Gasteiger partial charge in [0, 0.05) is 31.5 Å². The van der Waals surface area contributed by atoms with Gasteiger partial charge in [-0.1, -0.05) is 6.07 Å². The average Bonchev–Trinajstić information content (AvgIpc) is 3.25. The number of methoxy groups -OCH3 is 1. The lowest BCUT2D eigenvalue weighted by atomic mass is 10.0. The molecule has 1 N–H and O–H groups in total. The van der Waals surface area contributed by atoms with Crippen molar-refractivity contribution in [1.82, 2.24) is 20.1 Å². The fraction of sp³-hybridized carbons (Fsp3) is 0.318. The van der Waals surface area contributed by atoms with Crippen LogP contribution in [0.4, 0.5) is 5.82 Å². The molecule has 3 aromatic rings. The Hall–Kier alpha value is -3.35. The Morgan fingerprint density at radius 2 is 1.86 bits per heavy atom. The second-order valence-corrected chi connectivity index (χ2v) is 7.27. The number of nitrogens with zero attached hydrogens (tertiary/aromatic N) is 4. The number of rotatable bonds is 5. The first-order chi connectivity index (χ1) is 14.1. The van der Waals surface area contributed by atoms with Crippen molar-refractivity contribution in [2.24, 2.45) is 0 Å². The van der Waals surface area contributed by atoms with E-state index in [1.54, 1.807) is 24.1 Å². The van der Waals surface area contributed by atoms with Crippen molar-refractivity contribution >= 4 is 11.7 Å². The quantitative estimate of drug-likeness (QED) is 0.724. The van der Waals surface area contributed by atoms with Crippen LogP contribution >= 0.6 is 0 Å². The van der Waals surface area contributed by atoms with Crippen LogP contribution in [0.1, 0.15) is 28.9 Å². The molecule has 2 aromatic heterocycles. The summed E-state index contributed by atoms with van der Waals surface area (Å²) < 4.78 is 6.87. The standard InChI is InChI=1S/C22H25N5O2/c1-16-3-8-21(23-15-16)26-12-9-17(10-13-26)24-22(28)20-11-14-27(25-20)18-4-6-19(29-2)7-5-18/h3-8,11,14-15,17H,9-10,12-13H2,1-2H3,(H,24,28). The lowest BCUT2D eigenvalue weighted by molar-refractivity contribution is 0.0925. The Kier molecular flexibility index (Phi) is 5.46. The molecule has 1 saturated heterocycles. The molecule has 3 heterocycles. The van der Waals surface area contributed by atoms with E-state index in [1.807, 2.05) is 37.4 Å². The first-order valence-electron chi connectivity index (χ1n) is 9.81. The highest BCUT2D eigenvalue weighted by Gasteiger charge is 2.22. The molecule has 0 saturated carbocycles. The van der Waals surface area contributed by atoms with E-state index >= 15 is 0 Å². The maximum atomic E-state index is 12.6. The van der Waals surface area contributed by atoms with Crippen molar-refractivity contribution in [3.05, 3.63) is 66.1 Å². The lowest BCUT2D eigenvalue weighted by Crippen LogP contribution is -2.45. The number of nitrogens with one attached hydrogen (secondary N) is 1. The van der Waals surface area contributed by atoms with Gasteiger partial charge in [-0.3, -0.25) is 4.79 Å². The monoisotopic (exact) mass is 391 g/mol. The summed E-state index contributed by atoms with van der Waals surface area (Å²) in [6.07, 6.45) is 5.46. The maximum absolute atomic E-state index is 12.6. The third-order valence-corrected chi connectivity index (χ3v) is 5.21. The number of aryl methyl sites for hydroxylation is 1. The number of hydrogen-bond acceptors (Lipinski definition) is 5. The molecule has 0 atom stereocenters. The van der Waals surface area contributed by atoms with Crippen molar-refractivity contribution in [2.45, 2.75) is 25.8 Å². The number of aromatic nitrogens is 3. The number of anilines is 1. The lowest BCUT2D eigenvalue weighted by Gasteiger charge is -2.33. The molecule has 1 aliphatic heterocycles. The Bertz CT molecular complexity index is 958. The van der Waals surface area contributed by atoms with E-state index in [0.717, 1.165) is 48.7 Å². The molecule has 0 aliphatic carbocycles. The highest BCUT2D eigenvalue weighted by atomic mass is 16.5. The molecule has 1 amide bonds. The SMILES string of the molecule is COc1ccc(-n2ccc(C(=O)NC3CCN(c4ccc(C)cn4)CC3)n2)cc1. The van der Waals surface area contributed by atoms with Gasteiger partial charge in [-0.15, -0.1) is 0 Å². The number of benzene rings is 1. The second-order valence-electron chi connectivity index (χ2n) is 7.27. The van der Waals surface area contributed by atoms with Crippen molar-refractivity contribution in [3.8, 4) is 11.4 Å². The van der Waals surface area contributed by atoms with E-state index < -0.39 is 0 Å². The van der Waals surface area contributed by atoms with Crippen molar-refractivity contribution in [2.75, 3.05) is 25.1 Å². The van der Waals surface area contributed by atoms with E-state index in [9.17, 15) is 4.79 Å². The molecule has 0 unspecified atom stereocenters. The van der Waals surface area contributed by atoms with Crippen LogP contribution in [0.2, 0.25) is 0 Å². The normalized spacial score (nSPS) is 14.6. The topological polar surface area (TPSA) is 72.3 Å². The van der Waals surface area contributed by atoms with Gasteiger partial charge in [0.15, 0.2) is 5.69 Å². The minimum Gasteiger partial charge on any atom is -0.497 e. The predicted octanol–water partition coefficient (Wildman–Crippen LogP) is 2.98. The Balaban J connectivity index is 1.33. The molecule has 0 spiro atoms. The van der Waals surface area contributed by atoms with Gasteiger partial charge in [0.05, 0.1) is 12.8 Å². The van der Waals surface area contributed by atoms with Crippen LogP contribution in [-0.2, 0) is 0 Å². The molecule has 0 radical (unpaired) electrons. The van der Waals surface area contributed by atoms with E-state index in [1.165, 1.54) is 0 Å². The molecule has 150 valence electrons. The van der Waals surface area contributed by atoms with Crippen LogP contribution in [-0.4, -0.2) is 46.9 Å². The van der Waals surface area contributed by atoms with Crippen LogP contribution < -0.4 is 15.0 Å². The Morgan fingerprint density at radius 3 is 2.52 bits per heavy atom. The van der Waals surface area contributed by atoms with Crippen LogP contribution in [0.15, 0.2) is 54.9 Å². The van der Waals surface area contributed by atoms with Crippen molar-refractivity contribution in [3.63, 3.8) is 0 Å². The first-order valence-corrected chi connectivity index (χ1v) is 9.81. The third-order valence-electron chi connectivity index (χ3n) is 5.21. The van der Waals surface area contributed by atoms with E-state index in [2.05, 4.69) is 32.4 Å². The minimum absolute atomic E-state index is 0.135. The minimum atomic E-state index is -0.135. The average molecular weight is 391 g/mol. The van der Waals surface area contributed by atoms with E-state index in [4.69, 9.17) is 4.74 Å². The number of carbonyl (C=O) groups excluding carboxylic acids is 1. The largest absolute Gasteiger partial charge is 0.497 e. The summed E-state index contributed by atoms with van der Waals surface area (Å²) in [4.78, 5) is 19.4. The van der Waals surface area contributed by atoms with Gasteiger partial charge in [-0.2, -0.15) is 5.10 Å². The highest BCUT2D eigenvalue weighted by molar-refractivity contribution is 5.92. The van der Waals surface area contributed by atoms with Crippen LogP contribution in [0.25, 0.3) is 5.69 Å². The number of carbonyl (C=O) groups is 1. The summed E-state index contributed by atoms with van der Waals surface area (Å²) in [5, 5.41) is 7.53. The molecule has 1 aromatic carbocycles. The molecule has 0 bridgehead atoms. The third kappa shape index (κ3) is 4.39. The molecule has 1 aliphatic rings. The van der Waals surface area contributed by atoms with Gasteiger partial charge in [0.25, 0.3) is 5.91 Å². The van der Waals surface area contributed by atoms with Gasteiger partial charge in [0.1, 0.15) is 11.6 Å².